The first-order valence-electron chi connectivity index (χ1n) is 8.66. The van der Waals surface area contributed by atoms with Gasteiger partial charge in [0.2, 0.25) is 5.91 Å². The maximum absolute atomic E-state index is 11.9. The van der Waals surface area contributed by atoms with Gasteiger partial charge in [-0.25, -0.2) is 0 Å². The summed E-state index contributed by atoms with van der Waals surface area (Å²) in [5.74, 6) is 0.115. The third kappa shape index (κ3) is 6.97. The van der Waals surface area contributed by atoms with Gasteiger partial charge in [0.05, 0.1) is 6.54 Å². The summed E-state index contributed by atoms with van der Waals surface area (Å²) < 4.78 is 5.66. The molecule has 5 heteroatoms. The van der Waals surface area contributed by atoms with Gasteiger partial charge < -0.3 is 15.4 Å². The smallest absolute Gasteiger partial charge is 0.258 e. The fraction of sp³-hybridized carbons (Fsp3) is 0.333. The van der Waals surface area contributed by atoms with E-state index in [1.54, 1.807) is 0 Å². The van der Waals surface area contributed by atoms with Gasteiger partial charge in [0.15, 0.2) is 6.61 Å². The molecule has 0 saturated carbocycles. The highest BCUT2D eigenvalue weighted by atomic mass is 16.5. The zero-order valence-electron chi connectivity index (χ0n) is 15.5. The molecule has 26 heavy (non-hydrogen) atoms. The van der Waals surface area contributed by atoms with Crippen LogP contribution in [0, 0.1) is 0 Å². The highest BCUT2D eigenvalue weighted by molar-refractivity contribution is 5.85. The van der Waals surface area contributed by atoms with Gasteiger partial charge in [-0.15, -0.1) is 0 Å². The summed E-state index contributed by atoms with van der Waals surface area (Å²) >= 11 is 0. The van der Waals surface area contributed by atoms with Crippen LogP contribution in [0.4, 0.5) is 0 Å². The van der Waals surface area contributed by atoms with Gasteiger partial charge in [0.25, 0.3) is 5.91 Å². The number of carbonyl (C=O) groups is 2. The zero-order valence-corrected chi connectivity index (χ0v) is 15.5. The molecule has 2 amide bonds. The van der Waals surface area contributed by atoms with Crippen molar-refractivity contribution in [1.82, 2.24) is 10.6 Å². The lowest BCUT2D eigenvalue weighted by molar-refractivity contribution is -0.127. The number of hydrogen-bond donors (Lipinski definition) is 2. The molecule has 0 radical (unpaired) electrons. The Bertz CT molecular complexity index is 736. The Balaban J connectivity index is 1.85. The fourth-order valence-corrected chi connectivity index (χ4v) is 2.44. The second-order valence-corrected chi connectivity index (χ2v) is 7.13. The lowest BCUT2D eigenvalue weighted by atomic mass is 10.0. The van der Waals surface area contributed by atoms with E-state index in [9.17, 15) is 9.59 Å². The van der Waals surface area contributed by atoms with Crippen LogP contribution in [0.25, 0.3) is 0 Å². The molecular formula is C21H26N2O3. The maximum atomic E-state index is 11.9. The molecule has 0 bridgehead atoms. The van der Waals surface area contributed by atoms with Gasteiger partial charge >= 0.3 is 0 Å². The number of para-hydroxylation sites is 1. The lowest BCUT2D eigenvalue weighted by Crippen LogP contribution is -2.46. The summed E-state index contributed by atoms with van der Waals surface area (Å²) in [6.45, 7) is 5.47. The molecule has 0 heterocycles. The predicted octanol–water partition coefficient (Wildman–Crippen LogP) is 2.69. The van der Waals surface area contributed by atoms with Crippen molar-refractivity contribution in [2.75, 3.05) is 13.2 Å². The maximum Gasteiger partial charge on any atom is 0.258 e. The van der Waals surface area contributed by atoms with Gasteiger partial charge in [0, 0.05) is 12.0 Å². The Morgan fingerprint density at radius 3 is 2.27 bits per heavy atom. The van der Waals surface area contributed by atoms with Crippen molar-refractivity contribution in [1.29, 1.82) is 0 Å². The second-order valence-electron chi connectivity index (χ2n) is 7.13. The molecule has 5 nitrogen and oxygen atoms in total. The van der Waals surface area contributed by atoms with E-state index < -0.39 is 0 Å². The number of ether oxygens (including phenoxy) is 1. The number of rotatable bonds is 7. The van der Waals surface area contributed by atoms with Crippen molar-refractivity contribution < 1.29 is 14.3 Å². The van der Waals surface area contributed by atoms with Crippen molar-refractivity contribution in [3.63, 3.8) is 0 Å². The first kappa shape index (κ1) is 19.5. The molecule has 0 atom stereocenters. The molecule has 0 saturated heterocycles. The van der Waals surface area contributed by atoms with E-state index in [2.05, 4.69) is 22.8 Å². The molecule has 0 aromatic heterocycles. The Hall–Kier alpha value is -2.82. The Labute approximate surface area is 154 Å². The van der Waals surface area contributed by atoms with Gasteiger partial charge in [-0.1, -0.05) is 48.5 Å². The van der Waals surface area contributed by atoms with E-state index in [-0.39, 0.29) is 30.5 Å². The molecule has 0 fully saturated rings. The minimum absolute atomic E-state index is 0.0644. The summed E-state index contributed by atoms with van der Waals surface area (Å²) in [4.78, 5) is 23.7. The largest absolute Gasteiger partial charge is 0.483 e. The van der Waals surface area contributed by atoms with Crippen molar-refractivity contribution in [3.8, 4) is 5.75 Å². The molecule has 0 unspecified atom stereocenters. The van der Waals surface area contributed by atoms with Gasteiger partial charge in [-0.3, -0.25) is 9.59 Å². The fourth-order valence-electron chi connectivity index (χ4n) is 2.44. The number of nitrogens with one attached hydrogen (secondary N) is 2. The first-order chi connectivity index (χ1) is 12.3. The van der Waals surface area contributed by atoms with Crippen LogP contribution in [0.2, 0.25) is 0 Å². The number of amides is 2. The van der Waals surface area contributed by atoms with Crippen LogP contribution >= 0.6 is 0 Å². The topological polar surface area (TPSA) is 67.4 Å². The van der Waals surface area contributed by atoms with Crippen molar-refractivity contribution in [3.05, 3.63) is 65.7 Å². The first-order valence-corrected chi connectivity index (χ1v) is 8.66. The molecule has 0 spiro atoms. The molecule has 2 aromatic carbocycles. The molecule has 0 aliphatic carbocycles. The van der Waals surface area contributed by atoms with Crippen molar-refractivity contribution >= 4 is 11.8 Å². The van der Waals surface area contributed by atoms with Crippen molar-refractivity contribution in [2.24, 2.45) is 0 Å². The van der Waals surface area contributed by atoms with Crippen LogP contribution in [0.3, 0.4) is 0 Å². The Morgan fingerprint density at radius 1 is 0.923 bits per heavy atom. The molecule has 2 aromatic rings. The Kier molecular flexibility index (Phi) is 6.78. The van der Waals surface area contributed by atoms with E-state index in [1.165, 1.54) is 5.56 Å². The third-order valence-corrected chi connectivity index (χ3v) is 3.53. The minimum atomic E-state index is -0.330. The van der Waals surface area contributed by atoms with Crippen LogP contribution in [0.5, 0.6) is 5.75 Å². The summed E-state index contributed by atoms with van der Waals surface area (Å²) in [6.07, 6.45) is 0.729. The molecule has 0 aliphatic heterocycles. The SMILES string of the molecule is CC(C)(C)NC(=O)CNC(=O)COc1ccccc1Cc1ccccc1. The summed E-state index contributed by atoms with van der Waals surface area (Å²) in [6, 6.07) is 17.7. The minimum Gasteiger partial charge on any atom is -0.483 e. The zero-order chi connectivity index (χ0) is 19.0. The van der Waals surface area contributed by atoms with Crippen LogP contribution in [0.15, 0.2) is 54.6 Å². The van der Waals surface area contributed by atoms with E-state index in [0.29, 0.717) is 5.75 Å². The van der Waals surface area contributed by atoms with E-state index in [4.69, 9.17) is 4.74 Å². The van der Waals surface area contributed by atoms with Gasteiger partial charge in [-0.05, 0) is 38.0 Å². The second kappa shape index (κ2) is 9.04. The number of benzene rings is 2. The molecule has 2 rings (SSSR count). The molecule has 2 N–H and O–H groups in total. The van der Waals surface area contributed by atoms with Crippen LogP contribution in [-0.4, -0.2) is 30.5 Å². The predicted molar refractivity (Wildman–Crippen MR) is 102 cm³/mol. The van der Waals surface area contributed by atoms with E-state index in [0.717, 1.165) is 12.0 Å². The van der Waals surface area contributed by atoms with Crippen molar-refractivity contribution in [2.45, 2.75) is 32.7 Å². The quantitative estimate of drug-likeness (QED) is 0.803. The van der Waals surface area contributed by atoms with Gasteiger partial charge in [-0.2, -0.15) is 0 Å². The monoisotopic (exact) mass is 354 g/mol. The van der Waals surface area contributed by atoms with Crippen LogP contribution in [0.1, 0.15) is 31.9 Å². The molecule has 0 aliphatic rings. The molecule has 138 valence electrons. The van der Waals surface area contributed by atoms with Gasteiger partial charge in [0.1, 0.15) is 5.75 Å². The van der Waals surface area contributed by atoms with Crippen LogP contribution < -0.4 is 15.4 Å². The average Bonchev–Trinajstić information content (AvgIpc) is 2.59. The highest BCUT2D eigenvalue weighted by Gasteiger charge is 2.14. The summed E-state index contributed by atoms with van der Waals surface area (Å²) in [7, 11) is 0. The lowest BCUT2D eigenvalue weighted by Gasteiger charge is -2.20. The highest BCUT2D eigenvalue weighted by Crippen LogP contribution is 2.21. The normalized spacial score (nSPS) is 10.9. The average molecular weight is 354 g/mol. The van der Waals surface area contributed by atoms with E-state index >= 15 is 0 Å². The molecular weight excluding hydrogens is 328 g/mol. The Morgan fingerprint density at radius 2 is 1.58 bits per heavy atom. The summed E-state index contributed by atoms with van der Waals surface area (Å²) in [5, 5.41) is 5.36. The number of hydrogen-bond acceptors (Lipinski definition) is 3. The number of carbonyl (C=O) groups excluding carboxylic acids is 2. The third-order valence-electron chi connectivity index (χ3n) is 3.53. The standard InChI is InChI=1S/C21H26N2O3/c1-21(2,3)23-19(24)14-22-20(25)15-26-18-12-8-7-11-17(18)13-16-9-5-4-6-10-16/h4-12H,13-15H2,1-3H3,(H,22,25)(H,23,24). The van der Waals surface area contributed by atoms with E-state index in [1.807, 2.05) is 63.2 Å². The summed E-state index contributed by atoms with van der Waals surface area (Å²) in [5.41, 5.74) is 1.86. The van der Waals surface area contributed by atoms with Crippen LogP contribution in [-0.2, 0) is 16.0 Å².